The van der Waals surface area contributed by atoms with Gasteiger partial charge in [0.05, 0.1) is 25.7 Å². The summed E-state index contributed by atoms with van der Waals surface area (Å²) in [7, 11) is 1.58. The van der Waals surface area contributed by atoms with E-state index in [0.29, 0.717) is 34.0 Å². The van der Waals surface area contributed by atoms with E-state index >= 15 is 0 Å². The fraction of sp³-hybridized carbons (Fsp3) is 0.136. The molecule has 0 atom stereocenters. The number of methoxy groups -OCH3 is 1. The van der Waals surface area contributed by atoms with Crippen LogP contribution in [0.25, 0.3) is 11.4 Å². The highest BCUT2D eigenvalue weighted by Gasteiger charge is 2.17. The van der Waals surface area contributed by atoms with Gasteiger partial charge in [0.15, 0.2) is 11.0 Å². The van der Waals surface area contributed by atoms with Crippen LogP contribution in [0.5, 0.6) is 5.75 Å². The number of benzene rings is 2. The molecule has 2 aromatic heterocycles. The molecule has 2 aromatic carbocycles. The molecule has 0 unspecified atom stereocenters. The third-order valence-corrected chi connectivity index (χ3v) is 5.62. The zero-order chi connectivity index (χ0) is 21.6. The first-order chi connectivity index (χ1) is 15.1. The second-order valence-corrected chi connectivity index (χ2v) is 7.93. The van der Waals surface area contributed by atoms with E-state index in [4.69, 9.17) is 20.8 Å². The molecule has 0 fully saturated rings. The lowest BCUT2D eigenvalue weighted by atomic mass is 10.2. The fourth-order valence-electron chi connectivity index (χ4n) is 2.94. The molecule has 9 heteroatoms. The van der Waals surface area contributed by atoms with Crippen molar-refractivity contribution in [2.24, 2.45) is 0 Å². The molecule has 7 nitrogen and oxygen atoms in total. The van der Waals surface area contributed by atoms with Crippen LogP contribution in [-0.4, -0.2) is 33.5 Å². The van der Waals surface area contributed by atoms with E-state index in [1.54, 1.807) is 31.6 Å². The van der Waals surface area contributed by atoms with Gasteiger partial charge in [-0.25, -0.2) is 0 Å². The number of furan rings is 1. The Labute approximate surface area is 188 Å². The van der Waals surface area contributed by atoms with Gasteiger partial charge in [-0.1, -0.05) is 29.4 Å². The SMILES string of the molecule is COc1cccc(NC(=O)CSc2nnc(-c3ccc(Cl)cc3)n2Cc2ccco2)c1. The summed E-state index contributed by atoms with van der Waals surface area (Å²) >= 11 is 7.32. The van der Waals surface area contributed by atoms with Crippen molar-refractivity contribution in [2.45, 2.75) is 11.7 Å². The van der Waals surface area contributed by atoms with E-state index in [9.17, 15) is 4.79 Å². The largest absolute Gasteiger partial charge is 0.497 e. The molecule has 158 valence electrons. The number of hydrogen-bond acceptors (Lipinski definition) is 6. The van der Waals surface area contributed by atoms with Crippen LogP contribution in [0.1, 0.15) is 5.76 Å². The summed E-state index contributed by atoms with van der Waals surface area (Å²) < 4.78 is 12.6. The lowest BCUT2D eigenvalue weighted by molar-refractivity contribution is -0.113. The maximum Gasteiger partial charge on any atom is 0.234 e. The van der Waals surface area contributed by atoms with E-state index in [-0.39, 0.29) is 11.7 Å². The van der Waals surface area contributed by atoms with Crippen LogP contribution >= 0.6 is 23.4 Å². The number of carbonyl (C=O) groups excluding carboxylic acids is 1. The van der Waals surface area contributed by atoms with Crippen molar-refractivity contribution >= 4 is 35.0 Å². The van der Waals surface area contributed by atoms with Crippen LogP contribution in [0.15, 0.2) is 76.5 Å². The number of ether oxygens (including phenoxy) is 1. The van der Waals surface area contributed by atoms with Crippen molar-refractivity contribution in [1.29, 1.82) is 0 Å². The number of thioether (sulfide) groups is 1. The van der Waals surface area contributed by atoms with Crippen LogP contribution < -0.4 is 10.1 Å². The number of amides is 1. The molecule has 4 aromatic rings. The van der Waals surface area contributed by atoms with Crippen molar-refractivity contribution < 1.29 is 13.9 Å². The number of aromatic nitrogens is 3. The summed E-state index contributed by atoms with van der Waals surface area (Å²) in [5.41, 5.74) is 1.54. The molecule has 0 saturated carbocycles. The molecule has 1 amide bonds. The van der Waals surface area contributed by atoms with Gasteiger partial charge in [0.25, 0.3) is 0 Å². The highest BCUT2D eigenvalue weighted by Crippen LogP contribution is 2.26. The van der Waals surface area contributed by atoms with E-state index in [2.05, 4.69) is 15.5 Å². The zero-order valence-electron chi connectivity index (χ0n) is 16.6. The summed E-state index contributed by atoms with van der Waals surface area (Å²) in [5, 5.41) is 12.8. The number of halogens is 1. The predicted molar refractivity (Wildman–Crippen MR) is 121 cm³/mol. The topological polar surface area (TPSA) is 82.2 Å². The summed E-state index contributed by atoms with van der Waals surface area (Å²) in [6, 6.07) is 18.3. The molecule has 0 bridgehead atoms. The minimum atomic E-state index is -0.154. The predicted octanol–water partition coefficient (Wildman–Crippen LogP) is 4.98. The second-order valence-electron chi connectivity index (χ2n) is 6.55. The van der Waals surface area contributed by atoms with Crippen LogP contribution in [0.3, 0.4) is 0 Å². The summed E-state index contributed by atoms with van der Waals surface area (Å²) in [6.45, 7) is 0.442. The molecule has 0 radical (unpaired) electrons. The molecule has 31 heavy (non-hydrogen) atoms. The van der Waals surface area contributed by atoms with Crippen molar-refractivity contribution in [1.82, 2.24) is 14.8 Å². The first kappa shape index (κ1) is 21.0. The zero-order valence-corrected chi connectivity index (χ0v) is 18.2. The third kappa shape index (κ3) is 5.28. The lowest BCUT2D eigenvalue weighted by Gasteiger charge is -2.10. The molecule has 2 heterocycles. The second kappa shape index (κ2) is 9.72. The molecule has 0 aliphatic heterocycles. The Kier molecular flexibility index (Phi) is 6.59. The Morgan fingerprint density at radius 2 is 2.00 bits per heavy atom. The lowest BCUT2D eigenvalue weighted by Crippen LogP contribution is -2.14. The van der Waals surface area contributed by atoms with E-state index < -0.39 is 0 Å². The number of carbonyl (C=O) groups is 1. The molecular weight excluding hydrogens is 436 g/mol. The van der Waals surface area contributed by atoms with Gasteiger partial charge in [0, 0.05) is 22.3 Å². The van der Waals surface area contributed by atoms with Crippen LogP contribution in [0, 0.1) is 0 Å². The van der Waals surface area contributed by atoms with Crippen LogP contribution in [0.4, 0.5) is 5.69 Å². The average Bonchev–Trinajstić information content (AvgIpc) is 3.43. The van der Waals surface area contributed by atoms with Crippen molar-refractivity contribution in [3.05, 3.63) is 77.7 Å². The van der Waals surface area contributed by atoms with Crippen molar-refractivity contribution in [2.75, 3.05) is 18.2 Å². The van der Waals surface area contributed by atoms with Gasteiger partial charge in [0.2, 0.25) is 5.91 Å². The highest BCUT2D eigenvalue weighted by molar-refractivity contribution is 7.99. The van der Waals surface area contributed by atoms with Crippen LogP contribution in [-0.2, 0) is 11.3 Å². The van der Waals surface area contributed by atoms with Gasteiger partial charge in [0.1, 0.15) is 11.5 Å². The molecule has 0 spiro atoms. The monoisotopic (exact) mass is 454 g/mol. The average molecular weight is 455 g/mol. The van der Waals surface area contributed by atoms with Gasteiger partial charge in [-0.05, 0) is 48.5 Å². The fourth-order valence-corrected chi connectivity index (χ4v) is 3.80. The minimum absolute atomic E-state index is 0.154. The number of nitrogens with zero attached hydrogens (tertiary/aromatic N) is 3. The van der Waals surface area contributed by atoms with E-state index in [1.807, 2.05) is 47.0 Å². The normalized spacial score (nSPS) is 10.8. The molecule has 0 saturated heterocycles. The smallest absolute Gasteiger partial charge is 0.234 e. The van der Waals surface area contributed by atoms with Crippen molar-refractivity contribution in [3.63, 3.8) is 0 Å². The molecule has 0 aliphatic rings. The Morgan fingerprint density at radius 1 is 1.16 bits per heavy atom. The minimum Gasteiger partial charge on any atom is -0.497 e. The quantitative estimate of drug-likeness (QED) is 0.378. The Balaban J connectivity index is 1.51. The van der Waals surface area contributed by atoms with Gasteiger partial charge in [-0.15, -0.1) is 10.2 Å². The van der Waals surface area contributed by atoms with Gasteiger partial charge in [-0.3, -0.25) is 9.36 Å². The highest BCUT2D eigenvalue weighted by atomic mass is 35.5. The van der Waals surface area contributed by atoms with Crippen molar-refractivity contribution in [3.8, 4) is 17.1 Å². The van der Waals surface area contributed by atoms with Gasteiger partial charge >= 0.3 is 0 Å². The molecule has 1 N–H and O–H groups in total. The van der Waals surface area contributed by atoms with Gasteiger partial charge in [-0.2, -0.15) is 0 Å². The van der Waals surface area contributed by atoms with E-state index in [1.165, 1.54) is 11.8 Å². The standard InChI is InChI=1S/C22H19ClN4O3S/c1-29-18-5-2-4-17(12-18)24-20(28)14-31-22-26-25-21(15-7-9-16(23)10-8-15)27(22)13-19-6-3-11-30-19/h2-12H,13-14H2,1H3,(H,24,28). The summed E-state index contributed by atoms with van der Waals surface area (Å²) in [4.78, 5) is 12.5. The maximum absolute atomic E-state index is 12.5. The molecule has 0 aliphatic carbocycles. The Bertz CT molecular complexity index is 1160. The third-order valence-electron chi connectivity index (χ3n) is 4.40. The maximum atomic E-state index is 12.5. The number of nitrogens with one attached hydrogen (secondary N) is 1. The number of hydrogen-bond donors (Lipinski definition) is 1. The van der Waals surface area contributed by atoms with Gasteiger partial charge < -0.3 is 14.5 Å². The number of anilines is 1. The number of rotatable bonds is 8. The summed E-state index contributed by atoms with van der Waals surface area (Å²) in [6.07, 6.45) is 1.62. The molecule has 4 rings (SSSR count). The molecular formula is C22H19ClN4O3S. The van der Waals surface area contributed by atoms with Crippen LogP contribution in [0.2, 0.25) is 5.02 Å². The Morgan fingerprint density at radius 3 is 2.74 bits per heavy atom. The summed E-state index contributed by atoms with van der Waals surface area (Å²) in [5.74, 6) is 2.13. The first-order valence-electron chi connectivity index (χ1n) is 9.40. The Hall–Kier alpha value is -3.23. The van der Waals surface area contributed by atoms with E-state index in [0.717, 1.165) is 11.3 Å². The first-order valence-corrected chi connectivity index (χ1v) is 10.8.